The van der Waals surface area contributed by atoms with Gasteiger partial charge >= 0.3 is 6.16 Å². The van der Waals surface area contributed by atoms with E-state index in [0.29, 0.717) is 68.3 Å². The van der Waals surface area contributed by atoms with Crippen molar-refractivity contribution >= 4 is 46.9 Å². The molecule has 4 aromatic carbocycles. The van der Waals surface area contributed by atoms with E-state index in [1.807, 2.05) is 0 Å². The predicted octanol–water partition coefficient (Wildman–Crippen LogP) is 8.86. The Hall–Kier alpha value is -4.18. The number of carbonyl (C=O) groups excluding carboxylic acids is 1. The van der Waals surface area contributed by atoms with Crippen molar-refractivity contribution in [2.45, 2.75) is 18.9 Å². The van der Waals surface area contributed by atoms with Crippen LogP contribution in [0.2, 0.25) is 15.1 Å². The van der Waals surface area contributed by atoms with Gasteiger partial charge in [-0.2, -0.15) is 0 Å². The summed E-state index contributed by atoms with van der Waals surface area (Å²) in [7, 11) is 0. The first-order chi connectivity index (χ1) is 20.7. The Balaban J connectivity index is 1.19. The number of nitrogens with one attached hydrogen (secondary N) is 1. The number of halogens is 4. The van der Waals surface area contributed by atoms with Gasteiger partial charge in [-0.15, -0.1) is 0 Å². The lowest BCUT2D eigenvalue weighted by Gasteiger charge is -2.25. The van der Waals surface area contributed by atoms with Crippen LogP contribution in [0, 0.1) is 5.82 Å². The van der Waals surface area contributed by atoms with E-state index in [1.54, 1.807) is 54.6 Å². The number of hydrogen-bond acceptors (Lipinski definition) is 6. The average molecular weight is 647 g/mol. The van der Waals surface area contributed by atoms with E-state index in [9.17, 15) is 14.0 Å². The molecular weight excluding hydrogens is 624 g/mol. The third kappa shape index (κ3) is 7.62. The number of rotatable bonds is 9. The second kappa shape index (κ2) is 13.4. The zero-order valence-electron chi connectivity index (χ0n) is 22.2. The van der Waals surface area contributed by atoms with Crippen molar-refractivity contribution in [1.29, 1.82) is 0 Å². The minimum atomic E-state index is -1.38. The van der Waals surface area contributed by atoms with Crippen molar-refractivity contribution in [3.63, 3.8) is 0 Å². The SMILES string of the molecule is O=C(O)OC1CCOc2cc(Oc3ccc(C(=O)NCCc4cc(F)ccc4Oc4ccc(Cl)cc4Cl)cc3)c(Cl)cc21. The molecule has 1 atom stereocenters. The van der Waals surface area contributed by atoms with Gasteiger partial charge in [-0.3, -0.25) is 4.79 Å². The molecule has 0 radical (unpaired) electrons. The minimum absolute atomic E-state index is 0.211. The molecule has 0 fully saturated rings. The highest BCUT2D eigenvalue weighted by Crippen LogP contribution is 2.42. The maximum Gasteiger partial charge on any atom is 0.506 e. The van der Waals surface area contributed by atoms with Gasteiger partial charge in [0.15, 0.2) is 0 Å². The van der Waals surface area contributed by atoms with E-state index in [-0.39, 0.29) is 24.1 Å². The molecule has 12 heteroatoms. The topological polar surface area (TPSA) is 103 Å². The van der Waals surface area contributed by atoms with E-state index >= 15 is 0 Å². The molecule has 2 N–H and O–H groups in total. The molecule has 0 aromatic heterocycles. The molecule has 4 aromatic rings. The summed E-state index contributed by atoms with van der Waals surface area (Å²) in [4.78, 5) is 23.8. The van der Waals surface area contributed by atoms with E-state index in [0.717, 1.165) is 0 Å². The summed E-state index contributed by atoms with van der Waals surface area (Å²) < 4.78 is 36.3. The van der Waals surface area contributed by atoms with Gasteiger partial charge in [0.1, 0.15) is 40.7 Å². The highest BCUT2D eigenvalue weighted by Gasteiger charge is 2.27. The highest BCUT2D eigenvalue weighted by atomic mass is 35.5. The van der Waals surface area contributed by atoms with Crippen LogP contribution in [0.4, 0.5) is 9.18 Å². The van der Waals surface area contributed by atoms with Crippen LogP contribution < -0.4 is 19.5 Å². The molecule has 1 unspecified atom stereocenters. The fraction of sp³-hybridized carbons (Fsp3) is 0.161. The number of amides is 1. The van der Waals surface area contributed by atoms with Gasteiger partial charge in [0, 0.05) is 35.2 Å². The molecule has 1 amide bonds. The van der Waals surface area contributed by atoms with Gasteiger partial charge < -0.3 is 29.4 Å². The van der Waals surface area contributed by atoms with Crippen molar-refractivity contribution < 1.29 is 38.0 Å². The Morgan fingerprint density at radius 2 is 1.65 bits per heavy atom. The molecule has 0 saturated carbocycles. The van der Waals surface area contributed by atoms with Crippen LogP contribution in [-0.2, 0) is 11.2 Å². The summed E-state index contributed by atoms with van der Waals surface area (Å²) in [6, 6.07) is 18.4. The molecule has 1 aliphatic rings. The number of ether oxygens (including phenoxy) is 4. The normalized spacial score (nSPS) is 13.8. The standard InChI is InChI=1S/C31H23Cl3FNO7/c32-19-3-7-27(23(33)14-19)42-25-8-4-20(35)13-18(25)9-11-36-30(37)17-1-5-21(6-2-17)41-29-16-28-22(15-24(29)34)26(10-12-40-28)43-31(38)39/h1-8,13-16,26H,9-12H2,(H,36,37)(H,38,39). The first-order valence-corrected chi connectivity index (χ1v) is 14.1. The molecule has 5 rings (SSSR count). The summed E-state index contributed by atoms with van der Waals surface area (Å²) in [5.74, 6) is 1.11. The summed E-state index contributed by atoms with van der Waals surface area (Å²) in [6.07, 6.45) is -1.41. The predicted molar refractivity (Wildman–Crippen MR) is 159 cm³/mol. The Morgan fingerprint density at radius 3 is 2.40 bits per heavy atom. The summed E-state index contributed by atoms with van der Waals surface area (Å²) in [5, 5.41) is 12.8. The third-order valence-corrected chi connectivity index (χ3v) is 7.28. The van der Waals surface area contributed by atoms with E-state index < -0.39 is 18.1 Å². The second-order valence-electron chi connectivity index (χ2n) is 9.39. The summed E-state index contributed by atoms with van der Waals surface area (Å²) in [5.41, 5.74) is 1.44. The highest BCUT2D eigenvalue weighted by molar-refractivity contribution is 6.35. The van der Waals surface area contributed by atoms with Gasteiger partial charge in [-0.1, -0.05) is 34.8 Å². The first-order valence-electron chi connectivity index (χ1n) is 13.0. The van der Waals surface area contributed by atoms with Crippen LogP contribution >= 0.6 is 34.8 Å². The number of hydrogen-bond donors (Lipinski definition) is 2. The van der Waals surface area contributed by atoms with Crippen LogP contribution in [0.5, 0.6) is 28.7 Å². The molecule has 0 bridgehead atoms. The van der Waals surface area contributed by atoms with E-state index in [1.165, 1.54) is 18.2 Å². The monoisotopic (exact) mass is 645 g/mol. The van der Waals surface area contributed by atoms with Crippen molar-refractivity contribution in [2.75, 3.05) is 13.2 Å². The van der Waals surface area contributed by atoms with Crippen LogP contribution in [0.1, 0.15) is 34.0 Å². The van der Waals surface area contributed by atoms with E-state index in [2.05, 4.69) is 5.32 Å². The summed E-state index contributed by atoms with van der Waals surface area (Å²) in [6.45, 7) is 0.489. The smallest absolute Gasteiger partial charge is 0.493 e. The van der Waals surface area contributed by atoms with Crippen LogP contribution in [-0.4, -0.2) is 30.3 Å². The lowest BCUT2D eigenvalue weighted by molar-refractivity contribution is 0.0326. The third-order valence-electron chi connectivity index (χ3n) is 6.45. The Kier molecular flexibility index (Phi) is 9.45. The van der Waals surface area contributed by atoms with E-state index in [4.69, 9.17) is 58.9 Å². The second-order valence-corrected chi connectivity index (χ2v) is 10.6. The van der Waals surface area contributed by atoms with Crippen LogP contribution in [0.3, 0.4) is 0 Å². The van der Waals surface area contributed by atoms with Gasteiger partial charge in [-0.25, -0.2) is 9.18 Å². The quantitative estimate of drug-likeness (QED) is 0.175. The number of carboxylic acid groups (broad SMARTS) is 1. The summed E-state index contributed by atoms with van der Waals surface area (Å²) >= 11 is 18.5. The molecule has 43 heavy (non-hydrogen) atoms. The molecule has 1 heterocycles. The molecule has 0 spiro atoms. The lowest BCUT2D eigenvalue weighted by atomic mass is 10.0. The number of fused-ring (bicyclic) bond motifs is 1. The van der Waals surface area contributed by atoms with Gasteiger partial charge in [0.25, 0.3) is 5.91 Å². The molecular formula is C31H23Cl3FNO7. The molecule has 1 aliphatic heterocycles. The molecule has 0 aliphatic carbocycles. The molecule has 0 saturated heterocycles. The maximum absolute atomic E-state index is 14.0. The van der Waals surface area contributed by atoms with Gasteiger partial charge in [-0.05, 0) is 78.7 Å². The fourth-order valence-corrected chi connectivity index (χ4v) is 5.07. The van der Waals surface area contributed by atoms with Gasteiger partial charge in [0.05, 0.1) is 16.7 Å². The fourth-order valence-electron chi connectivity index (χ4n) is 4.41. The number of benzene rings is 4. The Labute approximate surface area is 260 Å². The average Bonchev–Trinajstić information content (AvgIpc) is 2.96. The van der Waals surface area contributed by atoms with Crippen molar-refractivity contribution in [3.05, 3.63) is 110 Å². The minimum Gasteiger partial charge on any atom is -0.493 e. The van der Waals surface area contributed by atoms with Crippen molar-refractivity contribution in [3.8, 4) is 28.7 Å². The van der Waals surface area contributed by atoms with Crippen LogP contribution in [0.15, 0.2) is 72.8 Å². The van der Waals surface area contributed by atoms with Crippen molar-refractivity contribution in [1.82, 2.24) is 5.32 Å². The number of carbonyl (C=O) groups is 2. The van der Waals surface area contributed by atoms with Crippen molar-refractivity contribution in [2.24, 2.45) is 0 Å². The Bertz CT molecular complexity index is 1670. The zero-order chi connectivity index (χ0) is 30.5. The van der Waals surface area contributed by atoms with Crippen LogP contribution in [0.25, 0.3) is 0 Å². The molecule has 222 valence electrons. The zero-order valence-corrected chi connectivity index (χ0v) is 24.5. The van der Waals surface area contributed by atoms with Gasteiger partial charge in [0.2, 0.25) is 0 Å². The first kappa shape index (κ1) is 30.3. The molecule has 8 nitrogen and oxygen atoms in total. The largest absolute Gasteiger partial charge is 0.506 e. The maximum atomic E-state index is 14.0. The Morgan fingerprint density at radius 1 is 0.907 bits per heavy atom. The lowest BCUT2D eigenvalue weighted by Crippen LogP contribution is -2.25.